The summed E-state index contributed by atoms with van der Waals surface area (Å²) in [7, 11) is 0. The van der Waals surface area contributed by atoms with Crippen LogP contribution in [-0.2, 0) is 11.3 Å². The maximum atomic E-state index is 11.7. The maximum absolute atomic E-state index is 11.7. The fourth-order valence-electron chi connectivity index (χ4n) is 2.45. The van der Waals surface area contributed by atoms with Crippen LogP contribution >= 0.6 is 0 Å². The molecule has 0 aromatic carbocycles. The smallest absolute Gasteiger partial charge is 0.408 e. The summed E-state index contributed by atoms with van der Waals surface area (Å²) in [5.41, 5.74) is 1.70. The molecular formula is C20H29N3O3. The molecule has 0 unspecified atom stereocenters. The van der Waals surface area contributed by atoms with Crippen molar-refractivity contribution in [3.63, 3.8) is 0 Å². The summed E-state index contributed by atoms with van der Waals surface area (Å²) in [6.07, 6.45) is 11.3. The first-order valence-corrected chi connectivity index (χ1v) is 9.16. The fraction of sp³-hybridized carbons (Fsp3) is 0.550. The molecule has 26 heavy (non-hydrogen) atoms. The normalized spacial score (nSPS) is 16.2. The highest BCUT2D eigenvalue weighted by Crippen LogP contribution is 2.38. The van der Waals surface area contributed by atoms with Gasteiger partial charge in [-0.2, -0.15) is 4.98 Å². The summed E-state index contributed by atoms with van der Waals surface area (Å²) < 4.78 is 10.5. The van der Waals surface area contributed by atoms with E-state index in [4.69, 9.17) is 9.26 Å². The molecule has 1 heterocycles. The number of carbonyl (C=O) groups is 1. The number of amides is 1. The first kappa shape index (κ1) is 19.9. The van der Waals surface area contributed by atoms with Crippen molar-refractivity contribution in [2.24, 2.45) is 5.92 Å². The molecule has 1 fully saturated rings. The summed E-state index contributed by atoms with van der Waals surface area (Å²) in [5.74, 6) is 1.51. The molecule has 6 heteroatoms. The highest BCUT2D eigenvalue weighted by atomic mass is 16.6. The minimum Gasteiger partial charge on any atom is -0.444 e. The number of alkyl carbamates (subject to hydrolysis) is 1. The molecule has 1 aromatic heterocycles. The van der Waals surface area contributed by atoms with E-state index < -0.39 is 11.7 Å². The highest BCUT2D eigenvalue weighted by molar-refractivity contribution is 5.72. The summed E-state index contributed by atoms with van der Waals surface area (Å²) >= 11 is 0. The number of ether oxygens (including phenoxy) is 1. The second-order valence-electron chi connectivity index (χ2n) is 7.35. The Balaban J connectivity index is 2.07. The molecule has 0 atom stereocenters. The van der Waals surface area contributed by atoms with E-state index in [1.54, 1.807) is 0 Å². The summed E-state index contributed by atoms with van der Waals surface area (Å²) in [5, 5.41) is 6.68. The molecule has 0 spiro atoms. The van der Waals surface area contributed by atoms with Gasteiger partial charge in [0.05, 0.1) is 0 Å². The minimum absolute atomic E-state index is 0.130. The second-order valence-corrected chi connectivity index (χ2v) is 7.35. The Morgan fingerprint density at radius 1 is 1.38 bits per heavy atom. The third-order valence-corrected chi connectivity index (χ3v) is 3.67. The largest absolute Gasteiger partial charge is 0.444 e. The van der Waals surface area contributed by atoms with Crippen LogP contribution in [-0.4, -0.2) is 21.8 Å². The lowest BCUT2D eigenvalue weighted by atomic mass is 10.1. The van der Waals surface area contributed by atoms with Crippen LogP contribution in [0.1, 0.15) is 65.6 Å². The van der Waals surface area contributed by atoms with Crippen molar-refractivity contribution in [3.8, 4) is 0 Å². The van der Waals surface area contributed by atoms with Crippen molar-refractivity contribution < 1.29 is 14.1 Å². The first-order valence-electron chi connectivity index (χ1n) is 9.16. The predicted molar refractivity (Wildman–Crippen MR) is 101 cm³/mol. The van der Waals surface area contributed by atoms with Gasteiger partial charge in [0.15, 0.2) is 0 Å². The molecule has 1 aliphatic rings. The van der Waals surface area contributed by atoms with Gasteiger partial charge in [-0.25, -0.2) is 4.79 Å². The van der Waals surface area contributed by atoms with Crippen LogP contribution in [0.2, 0.25) is 0 Å². The number of carbonyl (C=O) groups excluding carboxylic acids is 1. The zero-order valence-corrected chi connectivity index (χ0v) is 16.3. The molecule has 2 rings (SSSR count). The topological polar surface area (TPSA) is 77.2 Å². The molecule has 1 N–H and O–H groups in total. The summed E-state index contributed by atoms with van der Waals surface area (Å²) in [4.78, 5) is 16.1. The van der Waals surface area contributed by atoms with Crippen LogP contribution in [0.3, 0.4) is 0 Å². The number of nitrogens with one attached hydrogen (secondary N) is 1. The lowest BCUT2D eigenvalue weighted by Gasteiger charge is -2.19. The number of rotatable bonds is 7. The van der Waals surface area contributed by atoms with Crippen molar-refractivity contribution in [3.05, 3.63) is 41.6 Å². The molecule has 0 bridgehead atoms. The van der Waals surface area contributed by atoms with Crippen LogP contribution < -0.4 is 5.32 Å². The summed E-state index contributed by atoms with van der Waals surface area (Å²) in [6, 6.07) is 0. The van der Waals surface area contributed by atoms with Gasteiger partial charge >= 0.3 is 6.09 Å². The van der Waals surface area contributed by atoms with E-state index in [0.29, 0.717) is 17.6 Å². The van der Waals surface area contributed by atoms with E-state index in [0.717, 1.165) is 12.0 Å². The monoisotopic (exact) mass is 359 g/mol. The average molecular weight is 359 g/mol. The second kappa shape index (κ2) is 8.83. The van der Waals surface area contributed by atoms with Crippen molar-refractivity contribution in [1.82, 2.24) is 15.5 Å². The standard InChI is InChI=1S/C20H29N3O3/c1-6-8-15(14-10-11-14)12-16(9-7-2)18-22-17(26-23-18)13-21-19(24)25-20(3,4)5/h7-9,12,14H,6,10-11,13H2,1-5H3,(H,21,24)/b9-7-,15-8-,16-12+. The van der Waals surface area contributed by atoms with Crippen molar-refractivity contribution in [1.29, 1.82) is 0 Å². The van der Waals surface area contributed by atoms with Gasteiger partial charge in [0, 0.05) is 5.57 Å². The molecule has 0 aliphatic heterocycles. The molecular weight excluding hydrogens is 330 g/mol. The van der Waals surface area contributed by atoms with Crippen molar-refractivity contribution in [2.75, 3.05) is 0 Å². The molecule has 0 radical (unpaired) electrons. The van der Waals surface area contributed by atoms with Gasteiger partial charge < -0.3 is 14.6 Å². The van der Waals surface area contributed by atoms with Gasteiger partial charge in [-0.1, -0.05) is 30.3 Å². The first-order chi connectivity index (χ1) is 12.3. The van der Waals surface area contributed by atoms with E-state index >= 15 is 0 Å². The zero-order chi connectivity index (χ0) is 19.2. The van der Waals surface area contributed by atoms with Crippen LogP contribution in [0.5, 0.6) is 0 Å². The zero-order valence-electron chi connectivity index (χ0n) is 16.3. The van der Waals surface area contributed by atoms with Gasteiger partial charge in [0.2, 0.25) is 11.7 Å². The predicted octanol–water partition coefficient (Wildman–Crippen LogP) is 4.80. The summed E-state index contributed by atoms with van der Waals surface area (Å²) in [6.45, 7) is 9.66. The molecule has 6 nitrogen and oxygen atoms in total. The Labute approximate surface area is 155 Å². The molecule has 1 saturated carbocycles. The Bertz CT molecular complexity index is 704. The van der Waals surface area contributed by atoms with Crippen LogP contribution in [0.15, 0.2) is 34.4 Å². The Kier molecular flexibility index (Phi) is 6.77. The van der Waals surface area contributed by atoms with E-state index in [1.807, 2.05) is 39.8 Å². The fourth-order valence-corrected chi connectivity index (χ4v) is 2.45. The third-order valence-electron chi connectivity index (χ3n) is 3.67. The SMILES string of the molecule is C\C=C/C(=C\C(=C\CC)C1CC1)c1noc(CNC(=O)OC(C)(C)C)n1. The minimum atomic E-state index is -0.545. The quantitative estimate of drug-likeness (QED) is 0.708. The molecule has 142 valence electrons. The molecule has 1 aliphatic carbocycles. The molecule has 0 saturated heterocycles. The number of hydrogen-bond acceptors (Lipinski definition) is 5. The van der Waals surface area contributed by atoms with Gasteiger partial charge in [-0.3, -0.25) is 0 Å². The lowest BCUT2D eigenvalue weighted by molar-refractivity contribution is 0.0518. The number of nitrogens with zero attached hydrogens (tertiary/aromatic N) is 2. The van der Waals surface area contributed by atoms with Crippen LogP contribution in [0.25, 0.3) is 5.57 Å². The molecule has 1 amide bonds. The number of hydrogen-bond donors (Lipinski definition) is 1. The van der Waals surface area contributed by atoms with Crippen LogP contribution in [0, 0.1) is 5.92 Å². The molecule has 1 aromatic rings. The third kappa shape index (κ3) is 6.50. The van der Waals surface area contributed by atoms with Crippen molar-refractivity contribution >= 4 is 11.7 Å². The lowest BCUT2D eigenvalue weighted by Crippen LogP contribution is -2.32. The van der Waals surface area contributed by atoms with Gasteiger partial charge in [-0.15, -0.1) is 0 Å². The van der Waals surface area contributed by atoms with Gasteiger partial charge in [0.1, 0.15) is 12.1 Å². The van der Waals surface area contributed by atoms with Crippen molar-refractivity contribution in [2.45, 2.75) is 66.0 Å². The maximum Gasteiger partial charge on any atom is 0.408 e. The Hall–Kier alpha value is -2.37. The Morgan fingerprint density at radius 3 is 2.69 bits per heavy atom. The van der Waals surface area contributed by atoms with E-state index in [1.165, 1.54) is 18.4 Å². The number of aromatic nitrogens is 2. The number of allylic oxidation sites excluding steroid dienone is 6. The van der Waals surface area contributed by atoms with E-state index in [9.17, 15) is 4.79 Å². The van der Waals surface area contributed by atoms with E-state index in [-0.39, 0.29) is 6.54 Å². The van der Waals surface area contributed by atoms with E-state index in [2.05, 4.69) is 34.5 Å². The average Bonchev–Trinajstić information content (AvgIpc) is 3.28. The van der Waals surface area contributed by atoms with Crippen LogP contribution in [0.4, 0.5) is 4.79 Å². The Morgan fingerprint density at radius 2 is 2.12 bits per heavy atom. The van der Waals surface area contributed by atoms with Gasteiger partial charge in [-0.05, 0) is 64.5 Å². The highest BCUT2D eigenvalue weighted by Gasteiger charge is 2.25. The van der Waals surface area contributed by atoms with Gasteiger partial charge in [0.25, 0.3) is 0 Å².